The third-order valence-corrected chi connectivity index (χ3v) is 4.49. The van der Waals surface area contributed by atoms with Gasteiger partial charge in [0.05, 0.1) is 11.0 Å². The predicted molar refractivity (Wildman–Crippen MR) is 85.0 cm³/mol. The second-order valence-electron chi connectivity index (χ2n) is 5.09. The summed E-state index contributed by atoms with van der Waals surface area (Å²) in [6.07, 6.45) is 1.44. The third kappa shape index (κ3) is 3.24. The number of anilines is 1. The number of rotatable bonds is 6. The fraction of sp³-hybridized carbons (Fsp3) is 0.500. The molecule has 114 valence electrons. The van der Waals surface area contributed by atoms with Crippen LogP contribution in [-0.4, -0.2) is 14.7 Å². The molecule has 0 saturated heterocycles. The van der Waals surface area contributed by atoms with Crippen LogP contribution in [0, 0.1) is 17.0 Å². The van der Waals surface area contributed by atoms with Crippen molar-refractivity contribution in [2.45, 2.75) is 39.7 Å². The first-order valence-electron chi connectivity index (χ1n) is 6.97. The van der Waals surface area contributed by atoms with Crippen molar-refractivity contribution in [3.8, 4) is 0 Å². The molecule has 7 heteroatoms. The number of aromatic nitrogens is 2. The number of nitrogens with zero attached hydrogens (tertiary/aromatic N) is 3. The molecule has 2 aromatic heterocycles. The molecule has 0 spiro atoms. The highest BCUT2D eigenvalue weighted by molar-refractivity contribution is 7.12. The summed E-state index contributed by atoms with van der Waals surface area (Å²) >= 11 is 1.69. The van der Waals surface area contributed by atoms with Crippen LogP contribution in [0.1, 0.15) is 41.8 Å². The Kier molecular flexibility index (Phi) is 4.62. The van der Waals surface area contributed by atoms with E-state index >= 15 is 0 Å². The molecule has 0 amide bonds. The van der Waals surface area contributed by atoms with Crippen LogP contribution in [0.4, 0.5) is 11.5 Å². The first kappa shape index (κ1) is 15.5. The van der Waals surface area contributed by atoms with Gasteiger partial charge < -0.3 is 5.32 Å². The summed E-state index contributed by atoms with van der Waals surface area (Å²) in [6.45, 7) is 6.04. The molecule has 2 rings (SSSR count). The lowest BCUT2D eigenvalue weighted by Crippen LogP contribution is -2.10. The quantitative estimate of drug-likeness (QED) is 0.650. The summed E-state index contributed by atoms with van der Waals surface area (Å²) in [5.41, 5.74) is 0.640. The maximum Gasteiger partial charge on any atom is 0.334 e. The zero-order valence-corrected chi connectivity index (χ0v) is 13.5. The van der Waals surface area contributed by atoms with Crippen molar-refractivity contribution in [1.29, 1.82) is 0 Å². The summed E-state index contributed by atoms with van der Waals surface area (Å²) in [6, 6.07) is 4.11. The first-order chi connectivity index (χ1) is 9.93. The second-order valence-corrected chi connectivity index (χ2v) is 6.41. The van der Waals surface area contributed by atoms with Gasteiger partial charge in [-0.05, 0) is 32.4 Å². The second kappa shape index (κ2) is 6.26. The number of thiophene rings is 1. The average Bonchev–Trinajstić information content (AvgIpc) is 2.95. The molecule has 0 saturated carbocycles. The SMILES string of the molecule is CCCc1nn(C)c(NC(C)c2ccc(C)s2)c1[N+](=O)[O-]. The maximum absolute atomic E-state index is 11.4. The van der Waals surface area contributed by atoms with Crippen molar-refractivity contribution >= 4 is 22.8 Å². The predicted octanol–water partition coefficient (Wildman–Crippen LogP) is 3.82. The van der Waals surface area contributed by atoms with E-state index in [0.29, 0.717) is 17.9 Å². The molecule has 21 heavy (non-hydrogen) atoms. The van der Waals surface area contributed by atoms with E-state index in [1.54, 1.807) is 23.1 Å². The van der Waals surface area contributed by atoms with E-state index in [1.165, 1.54) is 4.88 Å². The molecule has 0 fully saturated rings. The number of nitro groups is 1. The Morgan fingerprint density at radius 3 is 2.76 bits per heavy atom. The van der Waals surface area contributed by atoms with Crippen LogP contribution < -0.4 is 5.32 Å². The normalized spacial score (nSPS) is 12.4. The van der Waals surface area contributed by atoms with Crippen molar-refractivity contribution < 1.29 is 4.92 Å². The van der Waals surface area contributed by atoms with E-state index in [-0.39, 0.29) is 16.7 Å². The molecule has 6 nitrogen and oxygen atoms in total. The van der Waals surface area contributed by atoms with Gasteiger partial charge in [-0.15, -0.1) is 11.3 Å². The van der Waals surface area contributed by atoms with Gasteiger partial charge in [0.25, 0.3) is 0 Å². The number of aryl methyl sites for hydroxylation is 3. The molecular formula is C14H20N4O2S. The average molecular weight is 308 g/mol. The summed E-state index contributed by atoms with van der Waals surface area (Å²) in [7, 11) is 1.74. The van der Waals surface area contributed by atoms with Crippen molar-refractivity contribution in [3.63, 3.8) is 0 Å². The van der Waals surface area contributed by atoms with Crippen LogP contribution in [0.3, 0.4) is 0 Å². The summed E-state index contributed by atoms with van der Waals surface area (Å²) in [5, 5.41) is 18.9. The van der Waals surface area contributed by atoms with Gasteiger partial charge in [0.1, 0.15) is 5.69 Å². The summed E-state index contributed by atoms with van der Waals surface area (Å²) in [4.78, 5) is 13.4. The largest absolute Gasteiger partial charge is 0.357 e. The first-order valence-corrected chi connectivity index (χ1v) is 7.78. The Hall–Kier alpha value is -1.89. The standard InChI is InChI=1S/C14H20N4O2S/c1-5-6-11-13(18(19)20)14(17(4)16-11)15-10(3)12-8-7-9(2)21-12/h7-8,10,15H,5-6H2,1-4H3. The van der Waals surface area contributed by atoms with E-state index < -0.39 is 0 Å². The van der Waals surface area contributed by atoms with Crippen LogP contribution in [0.2, 0.25) is 0 Å². The van der Waals surface area contributed by atoms with Gasteiger partial charge in [-0.2, -0.15) is 5.10 Å². The van der Waals surface area contributed by atoms with E-state index in [1.807, 2.05) is 26.8 Å². The topological polar surface area (TPSA) is 73.0 Å². The van der Waals surface area contributed by atoms with Crippen LogP contribution in [-0.2, 0) is 13.5 Å². The van der Waals surface area contributed by atoms with Crippen LogP contribution in [0.15, 0.2) is 12.1 Å². The Morgan fingerprint density at radius 2 is 2.24 bits per heavy atom. The van der Waals surface area contributed by atoms with Crippen molar-refractivity contribution in [2.24, 2.45) is 7.05 Å². The lowest BCUT2D eigenvalue weighted by molar-refractivity contribution is -0.384. The van der Waals surface area contributed by atoms with E-state index in [9.17, 15) is 10.1 Å². The molecule has 2 heterocycles. The number of hydrogen-bond donors (Lipinski definition) is 1. The number of nitrogens with one attached hydrogen (secondary N) is 1. The molecule has 0 bridgehead atoms. The Labute approximate surface area is 127 Å². The Morgan fingerprint density at radius 1 is 1.52 bits per heavy atom. The highest BCUT2D eigenvalue weighted by atomic mass is 32.1. The van der Waals surface area contributed by atoms with Gasteiger partial charge in [0.15, 0.2) is 0 Å². The van der Waals surface area contributed by atoms with E-state index in [0.717, 1.165) is 11.3 Å². The molecule has 2 aromatic rings. The van der Waals surface area contributed by atoms with Gasteiger partial charge >= 0.3 is 5.69 Å². The molecule has 1 N–H and O–H groups in total. The fourth-order valence-corrected chi connectivity index (χ4v) is 3.17. The minimum Gasteiger partial charge on any atom is -0.357 e. The molecule has 0 aliphatic carbocycles. The van der Waals surface area contributed by atoms with Crippen LogP contribution >= 0.6 is 11.3 Å². The Bertz CT molecular complexity index is 647. The minimum atomic E-state index is -0.341. The van der Waals surface area contributed by atoms with Crippen molar-refractivity contribution in [2.75, 3.05) is 5.32 Å². The van der Waals surface area contributed by atoms with Gasteiger partial charge in [-0.3, -0.25) is 10.1 Å². The molecule has 0 radical (unpaired) electrons. The zero-order chi connectivity index (χ0) is 15.6. The van der Waals surface area contributed by atoms with Crippen molar-refractivity contribution in [1.82, 2.24) is 9.78 Å². The molecule has 0 aliphatic rings. The van der Waals surface area contributed by atoms with Crippen molar-refractivity contribution in [3.05, 3.63) is 37.7 Å². The Balaban J connectivity index is 2.32. The van der Waals surface area contributed by atoms with Crippen LogP contribution in [0.5, 0.6) is 0 Å². The number of hydrogen-bond acceptors (Lipinski definition) is 5. The monoisotopic (exact) mass is 308 g/mol. The molecule has 1 atom stereocenters. The lowest BCUT2D eigenvalue weighted by Gasteiger charge is -2.13. The zero-order valence-electron chi connectivity index (χ0n) is 12.7. The highest BCUT2D eigenvalue weighted by Gasteiger charge is 2.27. The van der Waals surface area contributed by atoms with E-state index in [4.69, 9.17) is 0 Å². The van der Waals surface area contributed by atoms with Gasteiger partial charge in [0, 0.05) is 16.8 Å². The summed E-state index contributed by atoms with van der Waals surface area (Å²) in [5.74, 6) is 0.474. The third-order valence-electron chi connectivity index (χ3n) is 3.30. The highest BCUT2D eigenvalue weighted by Crippen LogP contribution is 2.33. The van der Waals surface area contributed by atoms with Crippen LogP contribution in [0.25, 0.3) is 0 Å². The fourth-order valence-electron chi connectivity index (χ4n) is 2.29. The van der Waals surface area contributed by atoms with Gasteiger partial charge in [0.2, 0.25) is 5.82 Å². The molecule has 0 aromatic carbocycles. The molecular weight excluding hydrogens is 288 g/mol. The molecule has 0 aliphatic heterocycles. The smallest absolute Gasteiger partial charge is 0.334 e. The van der Waals surface area contributed by atoms with Gasteiger partial charge in [-0.1, -0.05) is 13.3 Å². The lowest BCUT2D eigenvalue weighted by atomic mass is 10.2. The maximum atomic E-state index is 11.4. The molecule has 1 unspecified atom stereocenters. The summed E-state index contributed by atoms with van der Waals surface area (Å²) < 4.78 is 1.57. The van der Waals surface area contributed by atoms with E-state index in [2.05, 4.69) is 16.5 Å². The minimum absolute atomic E-state index is 0.00674. The van der Waals surface area contributed by atoms with Gasteiger partial charge in [-0.25, -0.2) is 4.68 Å².